The normalized spacial score (nSPS) is 16.2. The zero-order chi connectivity index (χ0) is 51.7. The maximum absolute atomic E-state index is 13.9. The first kappa shape index (κ1) is 60.9. The van der Waals surface area contributed by atoms with Gasteiger partial charge in [-0.15, -0.1) is 0 Å². The maximum atomic E-state index is 13.9. The van der Waals surface area contributed by atoms with E-state index in [9.17, 15) is 29.4 Å². The van der Waals surface area contributed by atoms with Crippen LogP contribution in [-0.4, -0.2) is 96.7 Å². The van der Waals surface area contributed by atoms with E-state index in [1.54, 1.807) is 59.7 Å². The Morgan fingerprint density at radius 1 is 0.831 bits per heavy atom. The highest BCUT2D eigenvalue weighted by Gasteiger charge is 2.41. The maximum Gasteiger partial charge on any atom is 0.347 e. The fraction of sp³-hybridized carbons (Fsp3) is 0.564. The molecule has 0 bridgehead atoms. The minimum absolute atomic E-state index is 0.00501. The van der Waals surface area contributed by atoms with Crippen LogP contribution in [0.1, 0.15) is 134 Å². The molecule has 16 heteroatoms. The van der Waals surface area contributed by atoms with Gasteiger partial charge in [-0.2, -0.15) is 0 Å². The van der Waals surface area contributed by atoms with Crippen molar-refractivity contribution in [2.75, 3.05) is 44.3 Å². The number of hydrogen-bond donors (Lipinski definition) is 6. The zero-order valence-electron chi connectivity index (χ0n) is 42.7. The quantitative estimate of drug-likeness (QED) is 0.00704. The monoisotopic (exact) mass is 1020 g/mol. The second kappa shape index (κ2) is 35.7. The van der Waals surface area contributed by atoms with Gasteiger partial charge in [0.2, 0.25) is 11.8 Å². The molecule has 1 saturated heterocycles. The Bertz CT molecular complexity index is 1990. The highest BCUT2D eigenvalue weighted by Crippen LogP contribution is 2.34. The van der Waals surface area contributed by atoms with Crippen molar-refractivity contribution in [3.63, 3.8) is 0 Å². The summed E-state index contributed by atoms with van der Waals surface area (Å²) >= 11 is 0. The van der Waals surface area contributed by atoms with E-state index in [-0.39, 0.29) is 66.9 Å². The molecule has 2 amide bonds. The number of aromatic hydroxyl groups is 1. The lowest BCUT2D eigenvalue weighted by Crippen LogP contribution is -2.49. The summed E-state index contributed by atoms with van der Waals surface area (Å²) in [6.07, 6.45) is 24.0. The van der Waals surface area contributed by atoms with Gasteiger partial charge >= 0.3 is 11.9 Å². The van der Waals surface area contributed by atoms with Gasteiger partial charge in [0.15, 0.2) is 6.29 Å². The largest absolute Gasteiger partial charge is 0.507 e. The number of benzene rings is 2. The Balaban J connectivity index is 1.46. The Morgan fingerprint density at radius 2 is 1.48 bits per heavy atom. The molecule has 0 saturated carbocycles. The minimum atomic E-state index is -1.78. The molecule has 394 valence electrons. The highest BCUT2D eigenvalue weighted by molar-refractivity contribution is 8.76. The topological polar surface area (TPSA) is 211 Å². The number of phenolic OH excluding ortho intramolecular Hbond substituents is 1. The van der Waals surface area contributed by atoms with Crippen LogP contribution in [0.5, 0.6) is 11.5 Å². The summed E-state index contributed by atoms with van der Waals surface area (Å²) in [5, 5.41) is 30.7. The van der Waals surface area contributed by atoms with Crippen LogP contribution >= 0.6 is 21.6 Å². The third-order valence-corrected chi connectivity index (χ3v) is 13.7. The van der Waals surface area contributed by atoms with Crippen LogP contribution in [0.25, 0.3) is 0 Å². The number of carbonyl (C=O) groups excluding carboxylic acids is 4. The van der Waals surface area contributed by atoms with Crippen molar-refractivity contribution >= 4 is 45.3 Å². The molecule has 0 radical (unpaired) electrons. The number of phenols is 1. The van der Waals surface area contributed by atoms with E-state index in [2.05, 4.69) is 85.3 Å². The van der Waals surface area contributed by atoms with Crippen LogP contribution in [0, 0.1) is 17.3 Å². The summed E-state index contributed by atoms with van der Waals surface area (Å²) in [4.78, 5) is 52.5. The third kappa shape index (κ3) is 26.2. The van der Waals surface area contributed by atoms with Gasteiger partial charge < -0.3 is 45.5 Å². The van der Waals surface area contributed by atoms with Crippen molar-refractivity contribution in [1.82, 2.24) is 16.0 Å². The van der Waals surface area contributed by atoms with Gasteiger partial charge in [0.25, 0.3) is 0 Å². The molecule has 7 N–H and O–H groups in total. The molecule has 2 aromatic carbocycles. The van der Waals surface area contributed by atoms with Crippen LogP contribution in [-0.2, 0) is 28.6 Å². The number of unbranched alkanes of at least 4 members (excludes halogenated alkanes) is 3. The predicted octanol–water partition coefficient (Wildman–Crippen LogP) is 9.64. The number of amides is 2. The van der Waals surface area contributed by atoms with Crippen LogP contribution in [0.15, 0.2) is 97.1 Å². The van der Waals surface area contributed by atoms with Gasteiger partial charge in [-0.3, -0.25) is 19.7 Å². The van der Waals surface area contributed by atoms with Gasteiger partial charge in [0, 0.05) is 49.4 Å². The lowest BCUT2D eigenvalue weighted by Gasteiger charge is -2.34. The van der Waals surface area contributed by atoms with Gasteiger partial charge in [-0.1, -0.05) is 135 Å². The van der Waals surface area contributed by atoms with Crippen molar-refractivity contribution < 1.29 is 48.3 Å². The second-order valence-electron chi connectivity index (χ2n) is 18.6. The first-order valence-corrected chi connectivity index (χ1v) is 27.8. The molecule has 2 aromatic rings. The van der Waals surface area contributed by atoms with Crippen LogP contribution < -0.4 is 26.4 Å². The van der Waals surface area contributed by atoms with Crippen molar-refractivity contribution in [3.05, 3.63) is 108 Å². The number of epoxide rings is 1. The molecular weight excluding hydrogens is 941 g/mol. The van der Waals surface area contributed by atoms with E-state index in [4.69, 9.17) is 24.7 Å². The molecule has 0 spiro atoms. The Morgan fingerprint density at radius 3 is 2.18 bits per heavy atom. The van der Waals surface area contributed by atoms with Crippen LogP contribution in [0.4, 0.5) is 0 Å². The van der Waals surface area contributed by atoms with Crippen molar-refractivity contribution in [2.24, 2.45) is 23.0 Å². The lowest BCUT2D eigenvalue weighted by atomic mass is 9.86. The van der Waals surface area contributed by atoms with Crippen molar-refractivity contribution in [2.45, 2.75) is 136 Å². The van der Waals surface area contributed by atoms with E-state index >= 15 is 0 Å². The smallest absolute Gasteiger partial charge is 0.347 e. The van der Waals surface area contributed by atoms with Crippen molar-refractivity contribution in [1.29, 1.82) is 0 Å². The average Bonchev–Trinajstić information content (AvgIpc) is 4.09. The molecule has 1 heterocycles. The second-order valence-corrected chi connectivity index (χ2v) is 21.3. The number of nitrogens with one attached hydrogen (secondary N) is 3. The number of ether oxygens (including phenoxy) is 4. The first-order valence-electron chi connectivity index (χ1n) is 25.3. The zero-order valence-corrected chi connectivity index (χ0v) is 44.3. The summed E-state index contributed by atoms with van der Waals surface area (Å²) < 4.78 is 23.1. The molecule has 5 atom stereocenters. The Hall–Kier alpha value is -4.42. The molecule has 1 fully saturated rings. The van der Waals surface area contributed by atoms with E-state index in [0.717, 1.165) is 70.1 Å². The van der Waals surface area contributed by atoms with Gasteiger partial charge in [0.1, 0.15) is 29.4 Å². The molecule has 5 unspecified atom stereocenters. The summed E-state index contributed by atoms with van der Waals surface area (Å²) in [5.41, 5.74) is 4.72. The molecule has 1 aliphatic rings. The number of esters is 2. The van der Waals surface area contributed by atoms with Crippen LogP contribution in [0.3, 0.4) is 0 Å². The summed E-state index contributed by atoms with van der Waals surface area (Å²) in [6.45, 7) is 11.6. The first-order chi connectivity index (χ1) is 34.2. The lowest BCUT2D eigenvalue weighted by molar-refractivity contribution is -0.190. The van der Waals surface area contributed by atoms with Gasteiger partial charge in [-0.25, -0.2) is 4.79 Å². The highest BCUT2D eigenvalue weighted by atomic mass is 33.1. The standard InChI is InChI=1S/C55H82N4O10S2/c1-6-7-8-9-10-11-12-13-14-15-16-17-18-19-20-21-30-49(62)66-40-55(4,5)50(69-54(65)44-27-23-25-29-46(44)68-53(64)43-26-22-24-28-45(43)60)51(63)58-32-31-48(61)57-33-35-70-71-36-34-59-52-47(67-52)38-42(39-56)37-41(2)3/h7-8,10-11,13-14,18-19,22-29,41-42,47,50,52,54,59-60,65H,6,9,12,15-17,20-21,30-40,56H2,1-5H3,(H,57,61)(H,58,63). The number of carbonyl (C=O) groups is 4. The molecule has 1 aliphatic heterocycles. The molecule has 0 aromatic heterocycles. The van der Waals surface area contributed by atoms with E-state index in [1.807, 2.05) is 0 Å². The van der Waals surface area contributed by atoms with E-state index in [1.165, 1.54) is 24.3 Å². The minimum Gasteiger partial charge on any atom is -0.507 e. The number of hydrogen-bond acceptors (Lipinski definition) is 14. The van der Waals surface area contributed by atoms with Crippen LogP contribution in [0.2, 0.25) is 0 Å². The van der Waals surface area contributed by atoms with Gasteiger partial charge in [-0.05, 0) is 101 Å². The summed E-state index contributed by atoms with van der Waals surface area (Å²) in [7, 11) is 3.38. The molecular formula is C55H82N4O10S2. The number of aliphatic hydroxyl groups is 1. The Kier molecular flexibility index (Phi) is 30.6. The molecule has 71 heavy (non-hydrogen) atoms. The number of rotatable bonds is 38. The van der Waals surface area contributed by atoms with E-state index < -0.39 is 35.7 Å². The van der Waals surface area contributed by atoms with E-state index in [0.29, 0.717) is 37.1 Å². The fourth-order valence-corrected chi connectivity index (χ4v) is 9.26. The number of allylic oxidation sites excluding steroid dienone is 8. The van der Waals surface area contributed by atoms with Crippen molar-refractivity contribution in [3.8, 4) is 11.5 Å². The average molecular weight is 1020 g/mol. The fourth-order valence-electron chi connectivity index (χ4n) is 7.43. The Labute approximate surface area is 431 Å². The molecule has 14 nitrogen and oxygen atoms in total. The predicted molar refractivity (Wildman–Crippen MR) is 287 cm³/mol. The number of para-hydroxylation sites is 2. The third-order valence-electron chi connectivity index (χ3n) is 11.3. The SMILES string of the molecule is CCC=CCC=CCC=CCCCC=CCCCC(=O)OCC(C)(C)C(OC(O)c1ccccc1OC(=O)c1ccccc1O)C(=O)NCCC(=O)NCCSSCCNC1OC1CC(CN)CC(C)C. The molecule has 0 aliphatic carbocycles. The number of aliphatic hydroxyl groups excluding tert-OH is 1. The number of nitrogens with two attached hydrogens (primary N) is 1. The molecule has 3 rings (SSSR count). The van der Waals surface area contributed by atoms with Gasteiger partial charge in [0.05, 0.1) is 18.3 Å². The summed E-state index contributed by atoms with van der Waals surface area (Å²) in [6, 6.07) is 12.0. The summed E-state index contributed by atoms with van der Waals surface area (Å²) in [5.74, 6) is 0.160.